The summed E-state index contributed by atoms with van der Waals surface area (Å²) in [5.74, 6) is 1.40. The lowest BCUT2D eigenvalue weighted by Crippen LogP contribution is -2.33. The number of hydrogen-bond donors (Lipinski definition) is 1. The van der Waals surface area contributed by atoms with Crippen LogP contribution in [0.15, 0.2) is 170 Å². The van der Waals surface area contributed by atoms with E-state index in [-0.39, 0.29) is 0 Å². The molecule has 6 heteroatoms. The molecule has 4 heterocycles. The lowest BCUT2D eigenvalue weighted by Gasteiger charge is -2.24. The van der Waals surface area contributed by atoms with Crippen LogP contribution >= 0.6 is 11.3 Å². The number of furan rings is 2. The van der Waals surface area contributed by atoms with Crippen molar-refractivity contribution in [3.05, 3.63) is 168 Å². The van der Waals surface area contributed by atoms with Crippen molar-refractivity contribution in [1.29, 1.82) is 0 Å². The molecule has 1 atom stereocenters. The monoisotopic (exact) mass is 673 g/mol. The first kappa shape index (κ1) is 28.3. The van der Waals surface area contributed by atoms with Crippen molar-refractivity contribution in [2.24, 2.45) is 9.98 Å². The van der Waals surface area contributed by atoms with E-state index in [2.05, 4.69) is 102 Å². The summed E-state index contributed by atoms with van der Waals surface area (Å²) >= 11 is 1.82. The first-order chi connectivity index (χ1) is 25.3. The predicted octanol–water partition coefficient (Wildman–Crippen LogP) is 12.0. The summed E-state index contributed by atoms with van der Waals surface area (Å²) in [6, 6.07) is 52.5. The van der Waals surface area contributed by atoms with Crippen molar-refractivity contribution in [1.82, 2.24) is 5.32 Å². The minimum Gasteiger partial charge on any atom is -0.456 e. The number of rotatable bonds is 4. The minimum atomic E-state index is -0.420. The maximum absolute atomic E-state index is 6.80. The Labute approximate surface area is 295 Å². The summed E-state index contributed by atoms with van der Waals surface area (Å²) in [6.07, 6.45) is -0.420. The van der Waals surface area contributed by atoms with E-state index in [0.717, 1.165) is 77.5 Å². The highest BCUT2D eigenvalue weighted by Crippen LogP contribution is 2.45. The standard InChI is InChI=1S/C45H27N3O2S/c1-2-12-26(13-3-1)43-46-44(32-18-10-21-36-39(32)29-14-4-7-19-34(29)49-36)48-45(47-43)33-25-24-28(42-41(33)30-15-5-8-20-35(30)50-42)27-17-11-23-38-40(27)31-16-6-9-22-37(31)51-38/h1-25,44H,(H,46,47,48). The van der Waals surface area contributed by atoms with Crippen LogP contribution in [-0.4, -0.2) is 11.7 Å². The molecule has 0 bridgehead atoms. The van der Waals surface area contributed by atoms with Gasteiger partial charge in [-0.25, -0.2) is 9.98 Å². The van der Waals surface area contributed by atoms with Crippen molar-refractivity contribution in [3.63, 3.8) is 0 Å². The van der Waals surface area contributed by atoms with Gasteiger partial charge in [0.2, 0.25) is 0 Å². The summed E-state index contributed by atoms with van der Waals surface area (Å²) in [5, 5.41) is 10.3. The molecule has 240 valence electrons. The molecule has 10 aromatic rings. The second kappa shape index (κ2) is 11.0. The Morgan fingerprint density at radius 2 is 1.16 bits per heavy atom. The van der Waals surface area contributed by atoms with E-state index in [9.17, 15) is 0 Å². The second-order valence-corrected chi connectivity index (χ2v) is 14.0. The highest BCUT2D eigenvalue weighted by atomic mass is 32.1. The van der Waals surface area contributed by atoms with E-state index >= 15 is 0 Å². The van der Waals surface area contributed by atoms with Gasteiger partial charge in [-0.2, -0.15) is 0 Å². The zero-order valence-electron chi connectivity index (χ0n) is 27.1. The van der Waals surface area contributed by atoms with Crippen molar-refractivity contribution >= 4 is 87.1 Å². The van der Waals surface area contributed by atoms with Gasteiger partial charge in [-0.1, -0.05) is 109 Å². The minimum absolute atomic E-state index is 0.420. The average molecular weight is 674 g/mol. The van der Waals surface area contributed by atoms with Gasteiger partial charge in [-0.05, 0) is 48.0 Å². The molecule has 1 aliphatic rings. The fraction of sp³-hybridized carbons (Fsp3) is 0.0222. The molecule has 0 saturated carbocycles. The Hall–Kier alpha value is -6.50. The van der Waals surface area contributed by atoms with Gasteiger partial charge in [0.15, 0.2) is 5.84 Å². The smallest absolute Gasteiger partial charge is 0.160 e. The van der Waals surface area contributed by atoms with Crippen molar-refractivity contribution in [2.45, 2.75) is 6.17 Å². The van der Waals surface area contributed by atoms with Crippen molar-refractivity contribution < 1.29 is 8.83 Å². The maximum atomic E-state index is 6.80. The molecule has 1 N–H and O–H groups in total. The lowest BCUT2D eigenvalue weighted by molar-refractivity contribution is 0.662. The molecule has 0 radical (unpaired) electrons. The normalized spacial score (nSPS) is 14.9. The molecule has 51 heavy (non-hydrogen) atoms. The molecule has 7 aromatic carbocycles. The second-order valence-electron chi connectivity index (χ2n) is 12.9. The maximum Gasteiger partial charge on any atom is 0.160 e. The van der Waals surface area contributed by atoms with Crippen molar-refractivity contribution in [2.75, 3.05) is 0 Å². The van der Waals surface area contributed by atoms with Crippen LogP contribution in [0.1, 0.15) is 22.9 Å². The molecule has 5 nitrogen and oxygen atoms in total. The van der Waals surface area contributed by atoms with Gasteiger partial charge in [0.1, 0.15) is 34.3 Å². The van der Waals surface area contributed by atoms with Gasteiger partial charge < -0.3 is 14.2 Å². The van der Waals surface area contributed by atoms with E-state index in [1.54, 1.807) is 0 Å². The van der Waals surface area contributed by atoms with Gasteiger partial charge in [0.25, 0.3) is 0 Å². The first-order valence-electron chi connectivity index (χ1n) is 17.0. The average Bonchev–Trinajstić information content (AvgIpc) is 3.89. The van der Waals surface area contributed by atoms with Crippen LogP contribution in [0.4, 0.5) is 0 Å². The van der Waals surface area contributed by atoms with Crippen LogP contribution in [0, 0.1) is 0 Å². The summed E-state index contributed by atoms with van der Waals surface area (Å²) in [4.78, 5) is 10.6. The van der Waals surface area contributed by atoms with Crippen molar-refractivity contribution in [3.8, 4) is 11.1 Å². The van der Waals surface area contributed by atoms with Gasteiger partial charge in [0, 0.05) is 64.0 Å². The Balaban J connectivity index is 1.18. The molecular weight excluding hydrogens is 647 g/mol. The van der Waals surface area contributed by atoms with Crippen LogP contribution < -0.4 is 5.32 Å². The van der Waals surface area contributed by atoms with E-state index in [0.29, 0.717) is 5.84 Å². The number of fused-ring (bicyclic) bond motifs is 9. The third kappa shape index (κ3) is 4.33. The number of amidine groups is 2. The highest BCUT2D eigenvalue weighted by Gasteiger charge is 2.27. The Morgan fingerprint density at radius 3 is 2.02 bits per heavy atom. The summed E-state index contributed by atoms with van der Waals surface area (Å²) in [5.41, 5.74) is 8.48. The fourth-order valence-electron chi connectivity index (χ4n) is 7.73. The van der Waals surface area contributed by atoms with Gasteiger partial charge >= 0.3 is 0 Å². The fourth-order valence-corrected chi connectivity index (χ4v) is 8.86. The number of thiophene rings is 1. The number of aliphatic imine (C=N–C) groups is 2. The number of hydrogen-bond acceptors (Lipinski definition) is 6. The SMILES string of the molecule is c1ccc(C2=NC(c3ccc(-c4cccc5sc6ccccc6c45)c4oc5ccccc5c34)=NC(c3cccc4oc5ccccc5c34)N2)cc1. The van der Waals surface area contributed by atoms with E-state index in [1.165, 1.54) is 20.2 Å². The van der Waals surface area contributed by atoms with Crippen LogP contribution in [0.5, 0.6) is 0 Å². The van der Waals surface area contributed by atoms with Gasteiger partial charge in [-0.3, -0.25) is 0 Å². The van der Waals surface area contributed by atoms with Crippen LogP contribution in [0.3, 0.4) is 0 Å². The third-order valence-corrected chi connectivity index (χ3v) is 11.1. The number of benzene rings is 7. The quantitative estimate of drug-likeness (QED) is 0.202. The Morgan fingerprint density at radius 1 is 0.490 bits per heavy atom. The largest absolute Gasteiger partial charge is 0.456 e. The Bertz CT molecular complexity index is 3070. The molecule has 3 aromatic heterocycles. The van der Waals surface area contributed by atoms with E-state index < -0.39 is 6.17 Å². The summed E-state index contributed by atoms with van der Waals surface area (Å²) in [6.45, 7) is 0. The van der Waals surface area contributed by atoms with Gasteiger partial charge in [0.05, 0.1) is 0 Å². The predicted molar refractivity (Wildman–Crippen MR) is 211 cm³/mol. The molecule has 0 saturated heterocycles. The van der Waals surface area contributed by atoms with Crippen LogP contribution in [-0.2, 0) is 0 Å². The zero-order valence-corrected chi connectivity index (χ0v) is 27.9. The molecule has 1 aliphatic heterocycles. The zero-order chi connectivity index (χ0) is 33.5. The lowest BCUT2D eigenvalue weighted by atomic mass is 9.94. The molecule has 0 amide bonds. The van der Waals surface area contributed by atoms with Crippen LogP contribution in [0.25, 0.3) is 75.2 Å². The molecule has 0 aliphatic carbocycles. The summed E-state index contributed by atoms with van der Waals surface area (Å²) < 4.78 is 15.6. The molecule has 0 fully saturated rings. The number of nitrogens with one attached hydrogen (secondary N) is 1. The van der Waals surface area contributed by atoms with E-state index in [4.69, 9.17) is 18.8 Å². The third-order valence-electron chi connectivity index (χ3n) is 9.98. The number of para-hydroxylation sites is 2. The molecule has 11 rings (SSSR count). The molecule has 1 unspecified atom stereocenters. The number of nitrogens with zero attached hydrogens (tertiary/aromatic N) is 2. The van der Waals surface area contributed by atoms with E-state index in [1.807, 2.05) is 65.9 Å². The molecular formula is C45H27N3O2S. The highest BCUT2D eigenvalue weighted by molar-refractivity contribution is 7.25. The van der Waals surface area contributed by atoms with Crippen LogP contribution in [0.2, 0.25) is 0 Å². The summed E-state index contributed by atoms with van der Waals surface area (Å²) in [7, 11) is 0. The Kier molecular flexibility index (Phi) is 6.12. The topological polar surface area (TPSA) is 63.0 Å². The van der Waals surface area contributed by atoms with Gasteiger partial charge in [-0.15, -0.1) is 11.3 Å². The molecule has 0 spiro atoms. The first-order valence-corrected chi connectivity index (χ1v) is 17.8.